The SMILES string of the molecule is CNCCC(O)CCCCCCN. The zero-order chi connectivity index (χ0) is 9.94. The topological polar surface area (TPSA) is 58.3 Å². The van der Waals surface area contributed by atoms with Gasteiger partial charge >= 0.3 is 0 Å². The molecule has 0 fully saturated rings. The Morgan fingerprint density at radius 1 is 1.15 bits per heavy atom. The quantitative estimate of drug-likeness (QED) is 0.470. The molecule has 0 aromatic rings. The molecule has 0 amide bonds. The zero-order valence-electron chi connectivity index (χ0n) is 8.76. The number of aliphatic hydroxyl groups excluding tert-OH is 1. The molecule has 0 radical (unpaired) electrons. The summed E-state index contributed by atoms with van der Waals surface area (Å²) >= 11 is 0. The average Bonchev–Trinajstić information content (AvgIpc) is 2.14. The Balaban J connectivity index is 3.03. The number of unbranched alkanes of at least 4 members (excludes halogenated alkanes) is 3. The maximum Gasteiger partial charge on any atom is 0.0552 e. The van der Waals surface area contributed by atoms with Crippen LogP contribution in [0.5, 0.6) is 0 Å². The van der Waals surface area contributed by atoms with Crippen molar-refractivity contribution >= 4 is 0 Å². The highest BCUT2D eigenvalue weighted by molar-refractivity contribution is 4.57. The van der Waals surface area contributed by atoms with Gasteiger partial charge in [0.1, 0.15) is 0 Å². The number of aliphatic hydroxyl groups is 1. The molecule has 0 aromatic carbocycles. The highest BCUT2D eigenvalue weighted by Crippen LogP contribution is 2.07. The molecule has 3 nitrogen and oxygen atoms in total. The smallest absolute Gasteiger partial charge is 0.0552 e. The van der Waals surface area contributed by atoms with Crippen molar-refractivity contribution in [3.8, 4) is 0 Å². The molecule has 0 saturated heterocycles. The largest absolute Gasteiger partial charge is 0.393 e. The molecule has 1 atom stereocenters. The van der Waals surface area contributed by atoms with E-state index >= 15 is 0 Å². The summed E-state index contributed by atoms with van der Waals surface area (Å²) in [5, 5.41) is 12.5. The molecule has 0 bridgehead atoms. The number of nitrogens with two attached hydrogens (primary N) is 1. The third kappa shape index (κ3) is 9.80. The summed E-state index contributed by atoms with van der Waals surface area (Å²) in [6.07, 6.45) is 6.34. The number of hydrogen-bond acceptors (Lipinski definition) is 3. The second-order valence-electron chi connectivity index (χ2n) is 3.54. The normalized spacial score (nSPS) is 13.2. The number of rotatable bonds is 9. The van der Waals surface area contributed by atoms with E-state index in [9.17, 15) is 5.11 Å². The predicted molar refractivity (Wildman–Crippen MR) is 56.7 cm³/mol. The van der Waals surface area contributed by atoms with Gasteiger partial charge in [0, 0.05) is 0 Å². The van der Waals surface area contributed by atoms with Crippen molar-refractivity contribution in [1.29, 1.82) is 0 Å². The lowest BCUT2D eigenvalue weighted by Crippen LogP contribution is -2.16. The molecule has 0 aliphatic heterocycles. The van der Waals surface area contributed by atoms with E-state index in [2.05, 4.69) is 5.32 Å². The fourth-order valence-electron chi connectivity index (χ4n) is 1.33. The van der Waals surface area contributed by atoms with Gasteiger partial charge in [-0.3, -0.25) is 0 Å². The Morgan fingerprint density at radius 2 is 1.85 bits per heavy atom. The van der Waals surface area contributed by atoms with Crippen molar-refractivity contribution in [2.45, 2.75) is 44.6 Å². The van der Waals surface area contributed by atoms with E-state index in [0.717, 1.165) is 38.8 Å². The minimum Gasteiger partial charge on any atom is -0.393 e. The molecule has 0 saturated carbocycles. The first-order valence-corrected chi connectivity index (χ1v) is 5.34. The lowest BCUT2D eigenvalue weighted by Gasteiger charge is -2.09. The van der Waals surface area contributed by atoms with Crippen LogP contribution in [0.25, 0.3) is 0 Å². The van der Waals surface area contributed by atoms with Gasteiger partial charge in [-0.25, -0.2) is 0 Å². The van der Waals surface area contributed by atoms with Crippen LogP contribution in [0.1, 0.15) is 38.5 Å². The molecule has 0 aliphatic rings. The van der Waals surface area contributed by atoms with Gasteiger partial charge in [-0.15, -0.1) is 0 Å². The first-order chi connectivity index (χ1) is 6.31. The summed E-state index contributed by atoms with van der Waals surface area (Å²) in [6, 6.07) is 0. The third-order valence-corrected chi connectivity index (χ3v) is 2.22. The fraction of sp³-hybridized carbons (Fsp3) is 1.00. The molecule has 4 N–H and O–H groups in total. The second kappa shape index (κ2) is 9.96. The molecular formula is C10H24N2O. The predicted octanol–water partition coefficient (Wildman–Crippen LogP) is 0.866. The van der Waals surface area contributed by atoms with Crippen LogP contribution in [0.4, 0.5) is 0 Å². The zero-order valence-corrected chi connectivity index (χ0v) is 8.76. The molecule has 0 rings (SSSR count). The van der Waals surface area contributed by atoms with E-state index in [4.69, 9.17) is 5.73 Å². The number of hydrogen-bond donors (Lipinski definition) is 3. The Labute approximate surface area is 81.7 Å². The fourth-order valence-corrected chi connectivity index (χ4v) is 1.33. The van der Waals surface area contributed by atoms with Crippen LogP contribution in [0.15, 0.2) is 0 Å². The maximum atomic E-state index is 9.47. The van der Waals surface area contributed by atoms with Gasteiger partial charge in [-0.05, 0) is 39.4 Å². The summed E-state index contributed by atoms with van der Waals surface area (Å²) in [6.45, 7) is 1.70. The highest BCUT2D eigenvalue weighted by atomic mass is 16.3. The minimum absolute atomic E-state index is 0.120. The van der Waals surface area contributed by atoms with Gasteiger partial charge in [0.25, 0.3) is 0 Å². The van der Waals surface area contributed by atoms with Crippen molar-refractivity contribution in [2.24, 2.45) is 5.73 Å². The molecule has 0 aromatic heterocycles. The first-order valence-electron chi connectivity index (χ1n) is 5.34. The van der Waals surface area contributed by atoms with Gasteiger partial charge in [0.2, 0.25) is 0 Å². The first kappa shape index (κ1) is 12.9. The Kier molecular flexibility index (Phi) is 9.87. The van der Waals surface area contributed by atoms with Crippen LogP contribution >= 0.6 is 0 Å². The Morgan fingerprint density at radius 3 is 2.46 bits per heavy atom. The Hall–Kier alpha value is -0.120. The van der Waals surface area contributed by atoms with Crippen molar-refractivity contribution in [1.82, 2.24) is 5.32 Å². The van der Waals surface area contributed by atoms with E-state index in [1.165, 1.54) is 12.8 Å². The van der Waals surface area contributed by atoms with E-state index in [-0.39, 0.29) is 6.10 Å². The van der Waals surface area contributed by atoms with Crippen molar-refractivity contribution in [2.75, 3.05) is 20.1 Å². The van der Waals surface area contributed by atoms with Crippen LogP contribution in [0.2, 0.25) is 0 Å². The van der Waals surface area contributed by atoms with Gasteiger partial charge in [0.05, 0.1) is 6.10 Å². The molecular weight excluding hydrogens is 164 g/mol. The molecule has 80 valence electrons. The van der Waals surface area contributed by atoms with Crippen LogP contribution in [0, 0.1) is 0 Å². The molecule has 13 heavy (non-hydrogen) atoms. The lowest BCUT2D eigenvalue weighted by molar-refractivity contribution is 0.151. The van der Waals surface area contributed by atoms with E-state index in [0.29, 0.717) is 0 Å². The van der Waals surface area contributed by atoms with Gasteiger partial charge in [-0.1, -0.05) is 19.3 Å². The van der Waals surface area contributed by atoms with E-state index in [1.807, 2.05) is 7.05 Å². The molecule has 0 aliphatic carbocycles. The van der Waals surface area contributed by atoms with E-state index < -0.39 is 0 Å². The van der Waals surface area contributed by atoms with Crippen LogP contribution in [-0.2, 0) is 0 Å². The summed E-state index contributed by atoms with van der Waals surface area (Å²) in [5.41, 5.74) is 5.38. The lowest BCUT2D eigenvalue weighted by atomic mass is 10.1. The van der Waals surface area contributed by atoms with Gasteiger partial charge < -0.3 is 16.2 Å². The molecule has 3 heteroatoms. The maximum absolute atomic E-state index is 9.47. The van der Waals surface area contributed by atoms with Crippen LogP contribution in [-0.4, -0.2) is 31.3 Å². The molecule has 0 heterocycles. The van der Waals surface area contributed by atoms with Crippen LogP contribution in [0.3, 0.4) is 0 Å². The number of nitrogens with one attached hydrogen (secondary N) is 1. The molecule has 0 spiro atoms. The van der Waals surface area contributed by atoms with E-state index in [1.54, 1.807) is 0 Å². The van der Waals surface area contributed by atoms with Gasteiger partial charge in [0.15, 0.2) is 0 Å². The summed E-state index contributed by atoms with van der Waals surface area (Å²) in [4.78, 5) is 0. The summed E-state index contributed by atoms with van der Waals surface area (Å²) in [5.74, 6) is 0. The summed E-state index contributed by atoms with van der Waals surface area (Å²) in [7, 11) is 1.91. The van der Waals surface area contributed by atoms with Crippen LogP contribution < -0.4 is 11.1 Å². The average molecular weight is 188 g/mol. The Bertz CT molecular complexity index is 98.9. The second-order valence-corrected chi connectivity index (χ2v) is 3.54. The van der Waals surface area contributed by atoms with Gasteiger partial charge in [-0.2, -0.15) is 0 Å². The minimum atomic E-state index is -0.120. The highest BCUT2D eigenvalue weighted by Gasteiger charge is 2.01. The van der Waals surface area contributed by atoms with Crippen molar-refractivity contribution in [3.05, 3.63) is 0 Å². The summed E-state index contributed by atoms with van der Waals surface area (Å²) < 4.78 is 0. The third-order valence-electron chi connectivity index (χ3n) is 2.22. The standard InChI is InChI=1S/C10H24N2O/c1-12-9-7-10(13)6-4-2-3-5-8-11/h10,12-13H,2-9,11H2,1H3. The molecule has 1 unspecified atom stereocenters. The van der Waals surface area contributed by atoms with Crippen molar-refractivity contribution in [3.63, 3.8) is 0 Å². The van der Waals surface area contributed by atoms with Crippen molar-refractivity contribution < 1.29 is 5.11 Å². The monoisotopic (exact) mass is 188 g/mol.